The molecule has 0 saturated heterocycles. The Morgan fingerprint density at radius 2 is 1.90 bits per heavy atom. The number of nitrogens with zero attached hydrogens (tertiary/aromatic N) is 6. The van der Waals surface area contributed by atoms with Crippen LogP contribution in [0.3, 0.4) is 0 Å². The standard InChI is InChI=1S/C14H12N6/c1-9-7-13(20-14(17-9)15-8-16-20)19-10(2)18-11-5-3-4-6-12(11)19/h3-8H,1-2H3. The van der Waals surface area contributed by atoms with E-state index in [4.69, 9.17) is 0 Å². The molecule has 0 bridgehead atoms. The van der Waals surface area contributed by atoms with Crippen molar-refractivity contribution >= 4 is 16.8 Å². The number of fused-ring (bicyclic) bond motifs is 2. The van der Waals surface area contributed by atoms with Crippen molar-refractivity contribution in [2.45, 2.75) is 13.8 Å². The highest BCUT2D eigenvalue weighted by molar-refractivity contribution is 5.77. The Balaban J connectivity index is 2.16. The summed E-state index contributed by atoms with van der Waals surface area (Å²) < 4.78 is 3.81. The number of para-hydroxylation sites is 2. The van der Waals surface area contributed by atoms with Crippen LogP contribution in [0.15, 0.2) is 36.7 Å². The van der Waals surface area contributed by atoms with Crippen molar-refractivity contribution in [1.29, 1.82) is 0 Å². The Morgan fingerprint density at radius 1 is 1.05 bits per heavy atom. The van der Waals surface area contributed by atoms with Gasteiger partial charge in [0.25, 0.3) is 5.78 Å². The van der Waals surface area contributed by atoms with E-state index >= 15 is 0 Å². The summed E-state index contributed by atoms with van der Waals surface area (Å²) in [5, 5.41) is 4.26. The summed E-state index contributed by atoms with van der Waals surface area (Å²) in [6, 6.07) is 10.0. The third-order valence-corrected chi connectivity index (χ3v) is 3.32. The van der Waals surface area contributed by atoms with Gasteiger partial charge in [-0.2, -0.15) is 14.6 Å². The number of imidazole rings is 1. The van der Waals surface area contributed by atoms with E-state index in [0.717, 1.165) is 28.4 Å². The predicted octanol–water partition coefficient (Wildman–Crippen LogP) is 2.08. The lowest BCUT2D eigenvalue weighted by molar-refractivity contribution is 0.839. The van der Waals surface area contributed by atoms with Gasteiger partial charge in [-0.25, -0.2) is 9.97 Å². The van der Waals surface area contributed by atoms with Crippen LogP contribution in [0.1, 0.15) is 11.5 Å². The van der Waals surface area contributed by atoms with Crippen LogP contribution in [-0.4, -0.2) is 29.1 Å². The molecule has 0 aliphatic carbocycles. The van der Waals surface area contributed by atoms with Gasteiger partial charge >= 0.3 is 0 Å². The first-order valence-electron chi connectivity index (χ1n) is 6.36. The van der Waals surface area contributed by atoms with E-state index in [1.807, 2.05) is 44.2 Å². The number of hydrogen-bond donors (Lipinski definition) is 0. The van der Waals surface area contributed by atoms with Gasteiger partial charge < -0.3 is 0 Å². The van der Waals surface area contributed by atoms with Gasteiger partial charge in [0.2, 0.25) is 0 Å². The van der Waals surface area contributed by atoms with Gasteiger partial charge in [-0.3, -0.25) is 4.57 Å². The second-order valence-electron chi connectivity index (χ2n) is 4.71. The first-order valence-corrected chi connectivity index (χ1v) is 6.36. The van der Waals surface area contributed by atoms with Gasteiger partial charge in [-0.15, -0.1) is 0 Å². The SMILES string of the molecule is Cc1cc(-n2c(C)nc3ccccc32)n2ncnc2n1. The second kappa shape index (κ2) is 3.86. The van der Waals surface area contributed by atoms with Gasteiger partial charge in [-0.05, 0) is 26.0 Å². The molecule has 3 aromatic heterocycles. The molecule has 0 radical (unpaired) electrons. The molecule has 4 aromatic rings. The van der Waals surface area contributed by atoms with Crippen molar-refractivity contribution in [3.8, 4) is 5.82 Å². The molecule has 0 saturated carbocycles. The lowest BCUT2D eigenvalue weighted by Gasteiger charge is -2.09. The minimum absolute atomic E-state index is 0.595. The van der Waals surface area contributed by atoms with E-state index in [1.165, 1.54) is 6.33 Å². The van der Waals surface area contributed by atoms with E-state index in [0.29, 0.717) is 5.78 Å². The minimum Gasteiger partial charge on any atom is -0.280 e. The molecule has 0 atom stereocenters. The van der Waals surface area contributed by atoms with Crippen molar-refractivity contribution < 1.29 is 0 Å². The minimum atomic E-state index is 0.595. The fraction of sp³-hybridized carbons (Fsp3) is 0.143. The van der Waals surface area contributed by atoms with Crippen LogP contribution in [0.25, 0.3) is 22.6 Å². The molecule has 98 valence electrons. The lowest BCUT2D eigenvalue weighted by atomic mass is 10.3. The first-order chi connectivity index (χ1) is 9.74. The van der Waals surface area contributed by atoms with E-state index in [1.54, 1.807) is 4.52 Å². The quantitative estimate of drug-likeness (QED) is 0.528. The van der Waals surface area contributed by atoms with Gasteiger partial charge in [-0.1, -0.05) is 12.1 Å². The van der Waals surface area contributed by atoms with Crippen molar-refractivity contribution in [2.75, 3.05) is 0 Å². The third kappa shape index (κ3) is 1.45. The first kappa shape index (κ1) is 11.1. The maximum Gasteiger partial charge on any atom is 0.254 e. The van der Waals surface area contributed by atoms with E-state index in [9.17, 15) is 0 Å². The highest BCUT2D eigenvalue weighted by atomic mass is 15.4. The molecule has 4 rings (SSSR count). The Hall–Kier alpha value is -2.76. The van der Waals surface area contributed by atoms with Crippen LogP contribution >= 0.6 is 0 Å². The van der Waals surface area contributed by atoms with Crippen LogP contribution < -0.4 is 0 Å². The Kier molecular flexibility index (Phi) is 2.14. The number of hydrogen-bond acceptors (Lipinski definition) is 4. The second-order valence-corrected chi connectivity index (χ2v) is 4.71. The molecule has 0 spiro atoms. The van der Waals surface area contributed by atoms with Crippen molar-refractivity contribution in [2.24, 2.45) is 0 Å². The summed E-state index contributed by atoms with van der Waals surface area (Å²) >= 11 is 0. The summed E-state index contributed by atoms with van der Waals surface area (Å²) in [4.78, 5) is 13.1. The van der Waals surface area contributed by atoms with Crippen LogP contribution in [0, 0.1) is 13.8 Å². The summed E-state index contributed by atoms with van der Waals surface area (Å²) in [5.41, 5.74) is 2.91. The highest BCUT2D eigenvalue weighted by Crippen LogP contribution is 2.21. The lowest BCUT2D eigenvalue weighted by Crippen LogP contribution is -2.07. The predicted molar refractivity (Wildman–Crippen MR) is 74.9 cm³/mol. The molecule has 3 heterocycles. The van der Waals surface area contributed by atoms with Gasteiger partial charge in [0.1, 0.15) is 18.0 Å². The molecule has 0 unspecified atom stereocenters. The van der Waals surface area contributed by atoms with Gasteiger partial charge in [0.05, 0.1) is 11.0 Å². The molecule has 1 aromatic carbocycles. The zero-order chi connectivity index (χ0) is 13.7. The number of rotatable bonds is 1. The van der Waals surface area contributed by atoms with E-state index in [-0.39, 0.29) is 0 Å². The third-order valence-electron chi connectivity index (χ3n) is 3.32. The smallest absolute Gasteiger partial charge is 0.254 e. The Bertz CT molecular complexity index is 933. The van der Waals surface area contributed by atoms with Crippen LogP contribution in [0.5, 0.6) is 0 Å². The molecule has 0 amide bonds. The molecular formula is C14H12N6. The molecule has 6 heteroatoms. The van der Waals surface area contributed by atoms with Crippen LogP contribution in [0.4, 0.5) is 0 Å². The molecular weight excluding hydrogens is 252 g/mol. The van der Waals surface area contributed by atoms with Crippen molar-refractivity contribution in [1.82, 2.24) is 29.1 Å². The summed E-state index contributed by atoms with van der Waals surface area (Å²) in [6.45, 7) is 3.94. The van der Waals surface area contributed by atoms with Crippen molar-refractivity contribution in [3.05, 3.63) is 48.2 Å². The molecule has 0 aliphatic rings. The molecule has 6 nitrogen and oxygen atoms in total. The molecule has 20 heavy (non-hydrogen) atoms. The molecule has 0 N–H and O–H groups in total. The van der Waals surface area contributed by atoms with Gasteiger partial charge in [0.15, 0.2) is 0 Å². The Morgan fingerprint density at radius 3 is 2.80 bits per heavy atom. The fourth-order valence-electron chi connectivity index (χ4n) is 2.51. The summed E-state index contributed by atoms with van der Waals surface area (Å²) in [5.74, 6) is 2.40. The van der Waals surface area contributed by atoms with E-state index < -0.39 is 0 Å². The average Bonchev–Trinajstić information content (AvgIpc) is 3.00. The maximum atomic E-state index is 4.59. The highest BCUT2D eigenvalue weighted by Gasteiger charge is 2.13. The van der Waals surface area contributed by atoms with Gasteiger partial charge in [0, 0.05) is 11.8 Å². The van der Waals surface area contributed by atoms with Crippen molar-refractivity contribution in [3.63, 3.8) is 0 Å². The number of aromatic nitrogens is 6. The zero-order valence-corrected chi connectivity index (χ0v) is 11.1. The fourth-order valence-corrected chi connectivity index (χ4v) is 2.51. The monoisotopic (exact) mass is 264 g/mol. The zero-order valence-electron chi connectivity index (χ0n) is 11.1. The average molecular weight is 264 g/mol. The Labute approximate surface area is 114 Å². The number of aryl methyl sites for hydroxylation is 2. The molecule has 0 fully saturated rings. The normalized spacial score (nSPS) is 11.5. The van der Waals surface area contributed by atoms with E-state index in [2.05, 4.69) is 24.6 Å². The van der Waals surface area contributed by atoms with Crippen LogP contribution in [0.2, 0.25) is 0 Å². The maximum absolute atomic E-state index is 4.59. The summed E-state index contributed by atoms with van der Waals surface area (Å²) in [7, 11) is 0. The number of benzene rings is 1. The largest absolute Gasteiger partial charge is 0.280 e. The summed E-state index contributed by atoms with van der Waals surface area (Å²) in [6.07, 6.45) is 1.51. The molecule has 0 aliphatic heterocycles. The van der Waals surface area contributed by atoms with Crippen LogP contribution in [-0.2, 0) is 0 Å². The topological polar surface area (TPSA) is 60.9 Å².